The van der Waals surface area contributed by atoms with Gasteiger partial charge in [0.15, 0.2) is 12.4 Å². The van der Waals surface area contributed by atoms with E-state index in [1.165, 1.54) is 31.4 Å². The lowest BCUT2D eigenvalue weighted by Gasteiger charge is -2.10. The summed E-state index contributed by atoms with van der Waals surface area (Å²) in [6, 6.07) is 7.32. The number of H-pyrrole nitrogens is 1. The number of rotatable bonds is 9. The molecule has 2 aromatic heterocycles. The van der Waals surface area contributed by atoms with E-state index in [-0.39, 0.29) is 28.5 Å². The van der Waals surface area contributed by atoms with Gasteiger partial charge in [0.2, 0.25) is 15.8 Å². The zero-order valence-corrected chi connectivity index (χ0v) is 19.5. The van der Waals surface area contributed by atoms with Crippen molar-refractivity contribution in [3.8, 4) is 0 Å². The van der Waals surface area contributed by atoms with Crippen LogP contribution in [0.5, 0.6) is 0 Å². The van der Waals surface area contributed by atoms with Gasteiger partial charge in [-0.25, -0.2) is 17.9 Å². The van der Waals surface area contributed by atoms with Crippen LogP contribution in [0.3, 0.4) is 0 Å². The summed E-state index contributed by atoms with van der Waals surface area (Å²) in [7, 11) is -3.92. The van der Waals surface area contributed by atoms with Crippen molar-refractivity contribution in [2.75, 3.05) is 6.61 Å². The van der Waals surface area contributed by atoms with E-state index < -0.39 is 28.4 Å². The Bertz CT molecular complexity index is 1320. The highest BCUT2D eigenvalue weighted by Crippen LogP contribution is 2.20. The van der Waals surface area contributed by atoms with Crippen LogP contribution in [-0.2, 0) is 21.3 Å². The number of sulfonamides is 1. The lowest BCUT2D eigenvalue weighted by Crippen LogP contribution is -2.23. The topological polar surface area (TPSA) is 136 Å². The molecule has 3 aromatic rings. The van der Waals surface area contributed by atoms with Gasteiger partial charge in [0, 0.05) is 11.3 Å². The molecule has 0 bridgehead atoms. The molecule has 0 aliphatic rings. The molecule has 0 aliphatic heterocycles. The highest BCUT2D eigenvalue weighted by molar-refractivity contribution is 7.89. The van der Waals surface area contributed by atoms with Crippen molar-refractivity contribution in [1.29, 1.82) is 0 Å². The first-order valence-corrected chi connectivity index (χ1v) is 11.5. The number of furan rings is 1. The third-order valence-electron chi connectivity index (χ3n) is 5.16. The molecular formula is C23H24N2O7S. The molecule has 174 valence electrons. The molecule has 0 amide bonds. The molecule has 2 heterocycles. The molecule has 2 N–H and O–H groups in total. The summed E-state index contributed by atoms with van der Waals surface area (Å²) in [5.41, 5.74) is 2.19. The van der Waals surface area contributed by atoms with Crippen LogP contribution >= 0.6 is 0 Å². The first-order valence-electron chi connectivity index (χ1n) is 10.0. The number of ether oxygens (including phenoxy) is 1. The van der Waals surface area contributed by atoms with E-state index in [1.807, 2.05) is 0 Å². The van der Waals surface area contributed by atoms with E-state index in [4.69, 9.17) is 9.15 Å². The summed E-state index contributed by atoms with van der Waals surface area (Å²) in [5.74, 6) is -1.08. The summed E-state index contributed by atoms with van der Waals surface area (Å²) >= 11 is 0. The molecule has 0 saturated carbocycles. The molecule has 0 fully saturated rings. The van der Waals surface area contributed by atoms with Gasteiger partial charge in [0.1, 0.15) is 5.76 Å². The van der Waals surface area contributed by atoms with Crippen molar-refractivity contribution in [2.45, 2.75) is 39.1 Å². The van der Waals surface area contributed by atoms with Crippen molar-refractivity contribution < 1.29 is 32.0 Å². The molecule has 9 nitrogen and oxygen atoms in total. The third kappa shape index (κ3) is 5.29. The van der Waals surface area contributed by atoms with E-state index in [2.05, 4.69) is 9.71 Å². The summed E-state index contributed by atoms with van der Waals surface area (Å²) in [5, 5.41) is 0. The van der Waals surface area contributed by atoms with Crippen LogP contribution in [0.25, 0.3) is 0 Å². The minimum atomic E-state index is -3.92. The van der Waals surface area contributed by atoms with Gasteiger partial charge in [-0.3, -0.25) is 9.59 Å². The maximum absolute atomic E-state index is 12.6. The number of esters is 1. The number of hydrogen-bond donors (Lipinski definition) is 2. The summed E-state index contributed by atoms with van der Waals surface area (Å²) < 4.78 is 37.9. The van der Waals surface area contributed by atoms with Gasteiger partial charge < -0.3 is 14.1 Å². The number of benzene rings is 1. The summed E-state index contributed by atoms with van der Waals surface area (Å²) in [6.07, 6.45) is 1.43. The first kappa shape index (κ1) is 24.1. The van der Waals surface area contributed by atoms with Crippen molar-refractivity contribution in [3.05, 3.63) is 76.0 Å². The highest BCUT2D eigenvalue weighted by atomic mass is 32.2. The smallest absolute Gasteiger partial charge is 0.338 e. The second kappa shape index (κ2) is 9.55. The monoisotopic (exact) mass is 472 g/mol. The molecule has 0 atom stereocenters. The number of Topliss-reactive ketones (excluding diaryl/α,β-unsaturated/α-hetero) is 2. The number of hydrogen-bond acceptors (Lipinski definition) is 7. The molecular weight excluding hydrogens is 448 g/mol. The summed E-state index contributed by atoms with van der Waals surface area (Å²) in [4.78, 5) is 39.7. The molecule has 1 aromatic carbocycles. The van der Waals surface area contributed by atoms with Crippen molar-refractivity contribution >= 4 is 27.6 Å². The van der Waals surface area contributed by atoms with Gasteiger partial charge in [-0.1, -0.05) is 6.07 Å². The summed E-state index contributed by atoms with van der Waals surface area (Å²) in [6.45, 7) is 5.75. The number of aromatic nitrogens is 1. The fraction of sp³-hybridized carbons (Fsp3) is 0.261. The zero-order valence-electron chi connectivity index (χ0n) is 18.6. The predicted molar refractivity (Wildman–Crippen MR) is 119 cm³/mol. The van der Waals surface area contributed by atoms with E-state index in [0.717, 1.165) is 0 Å². The number of aromatic amines is 1. The number of carbonyl (C=O) groups is 3. The quantitative estimate of drug-likeness (QED) is 0.360. The standard InChI is InChI=1S/C23H24N2O7S/c1-13-7-8-18(33(29,30)24-11-17-6-5-9-31-17)10-19(13)23(28)32-12-20(27)22-14(2)21(16(4)26)15(3)25-22/h5-10,24-25H,11-12H2,1-4H3. The fourth-order valence-electron chi connectivity index (χ4n) is 3.49. The fourth-order valence-corrected chi connectivity index (χ4v) is 4.51. The third-order valence-corrected chi connectivity index (χ3v) is 6.56. The Kier molecular flexibility index (Phi) is 6.99. The number of carbonyl (C=O) groups excluding carboxylic acids is 3. The number of nitrogens with one attached hydrogen (secondary N) is 2. The van der Waals surface area contributed by atoms with E-state index in [0.29, 0.717) is 28.1 Å². The van der Waals surface area contributed by atoms with Gasteiger partial charge >= 0.3 is 5.97 Å². The van der Waals surface area contributed by atoms with Crippen LogP contribution in [-0.4, -0.2) is 37.5 Å². The van der Waals surface area contributed by atoms with Crippen molar-refractivity contribution in [2.24, 2.45) is 0 Å². The Morgan fingerprint density at radius 1 is 1.12 bits per heavy atom. The second-order valence-corrected chi connectivity index (χ2v) is 9.33. The lowest BCUT2D eigenvalue weighted by atomic mass is 10.1. The Hall–Kier alpha value is -3.50. The normalized spacial score (nSPS) is 11.4. The SMILES string of the molecule is CC(=O)c1c(C)[nH]c(C(=O)COC(=O)c2cc(S(=O)(=O)NCc3ccco3)ccc2C)c1C. The Balaban J connectivity index is 1.73. The van der Waals surface area contributed by atoms with Crippen LogP contribution in [0.2, 0.25) is 0 Å². The van der Waals surface area contributed by atoms with Gasteiger partial charge in [-0.15, -0.1) is 0 Å². The van der Waals surface area contributed by atoms with Crippen LogP contribution in [0.1, 0.15) is 60.7 Å². The molecule has 0 spiro atoms. The molecule has 0 unspecified atom stereocenters. The minimum Gasteiger partial charge on any atom is -0.468 e. The molecule has 10 heteroatoms. The van der Waals surface area contributed by atoms with Crippen molar-refractivity contribution in [1.82, 2.24) is 9.71 Å². The van der Waals surface area contributed by atoms with Crippen molar-refractivity contribution in [3.63, 3.8) is 0 Å². The highest BCUT2D eigenvalue weighted by Gasteiger charge is 2.23. The van der Waals surface area contributed by atoms with E-state index in [1.54, 1.807) is 32.9 Å². The lowest BCUT2D eigenvalue weighted by molar-refractivity contribution is 0.0472. The largest absolute Gasteiger partial charge is 0.468 e. The van der Waals surface area contributed by atoms with Gasteiger partial charge in [0.25, 0.3) is 0 Å². The number of aryl methyl sites for hydroxylation is 2. The van der Waals surface area contributed by atoms with Crippen LogP contribution in [0.4, 0.5) is 0 Å². The Morgan fingerprint density at radius 2 is 1.85 bits per heavy atom. The van der Waals surface area contributed by atoms with E-state index in [9.17, 15) is 22.8 Å². The first-order chi connectivity index (χ1) is 15.5. The van der Waals surface area contributed by atoms with Gasteiger partial charge in [-0.2, -0.15) is 0 Å². The van der Waals surface area contributed by atoms with Crippen LogP contribution in [0, 0.1) is 20.8 Å². The van der Waals surface area contributed by atoms with Gasteiger partial charge in [0.05, 0.1) is 29.0 Å². The Labute approximate surface area is 191 Å². The Morgan fingerprint density at radius 3 is 2.45 bits per heavy atom. The molecule has 33 heavy (non-hydrogen) atoms. The number of ketones is 2. The molecule has 3 rings (SSSR count). The predicted octanol–water partition coefficient (Wildman–Crippen LogP) is 3.25. The maximum atomic E-state index is 12.6. The van der Waals surface area contributed by atoms with Gasteiger partial charge in [-0.05, 0) is 63.1 Å². The minimum absolute atomic E-state index is 0.0208. The molecule has 0 saturated heterocycles. The maximum Gasteiger partial charge on any atom is 0.338 e. The van der Waals surface area contributed by atoms with Crippen LogP contribution < -0.4 is 4.72 Å². The average Bonchev–Trinajstić information content (AvgIpc) is 3.38. The second-order valence-electron chi connectivity index (χ2n) is 7.56. The van der Waals surface area contributed by atoms with E-state index >= 15 is 0 Å². The van der Waals surface area contributed by atoms with Crippen LogP contribution in [0.15, 0.2) is 45.9 Å². The molecule has 0 radical (unpaired) electrons. The zero-order chi connectivity index (χ0) is 24.3. The molecule has 0 aliphatic carbocycles. The average molecular weight is 473 g/mol.